The highest BCUT2D eigenvalue weighted by molar-refractivity contribution is 7.80. The zero-order chi connectivity index (χ0) is 23.2. The van der Waals surface area contributed by atoms with Crippen LogP contribution in [-0.4, -0.2) is 26.7 Å². The Morgan fingerprint density at radius 2 is 1.59 bits per heavy atom. The van der Waals surface area contributed by atoms with Gasteiger partial charge >= 0.3 is 0 Å². The first-order valence-corrected chi connectivity index (χ1v) is 12.2. The molecule has 1 aromatic heterocycles. The molecule has 2 atom stereocenters. The Morgan fingerprint density at radius 1 is 0.912 bits per heavy atom. The van der Waals surface area contributed by atoms with Crippen LogP contribution in [0.15, 0.2) is 95.5 Å². The first kappa shape index (κ1) is 22.3. The van der Waals surface area contributed by atoms with Crippen LogP contribution >= 0.6 is 12.2 Å². The molecule has 172 valence electrons. The van der Waals surface area contributed by atoms with Gasteiger partial charge in [-0.1, -0.05) is 84.0 Å². The molecular formula is C28H28N4OS. The van der Waals surface area contributed by atoms with Crippen molar-refractivity contribution in [1.82, 2.24) is 15.0 Å². The minimum absolute atomic E-state index is 0.0516. The molecule has 5 rings (SSSR count). The van der Waals surface area contributed by atoms with Crippen LogP contribution in [0.2, 0.25) is 0 Å². The summed E-state index contributed by atoms with van der Waals surface area (Å²) in [5.74, 6) is 1.75. The van der Waals surface area contributed by atoms with Crippen molar-refractivity contribution in [2.75, 3.05) is 11.9 Å². The summed E-state index contributed by atoms with van der Waals surface area (Å²) in [4.78, 5) is 6.98. The maximum absolute atomic E-state index is 5.83. The SMILES string of the molecule is S=C(Nc1ccccc1)N1C[C@H](c2ccccc2)C[C@H]1c1nc(CCCc2ccccc2)no1. The van der Waals surface area contributed by atoms with Crippen molar-refractivity contribution in [3.63, 3.8) is 0 Å². The van der Waals surface area contributed by atoms with Gasteiger partial charge in [-0.3, -0.25) is 0 Å². The highest BCUT2D eigenvalue weighted by Gasteiger charge is 2.38. The summed E-state index contributed by atoms with van der Waals surface area (Å²) in [6, 6.07) is 31.1. The number of aryl methyl sites for hydroxylation is 2. The summed E-state index contributed by atoms with van der Waals surface area (Å²) in [5, 5.41) is 8.35. The lowest BCUT2D eigenvalue weighted by Crippen LogP contribution is -2.34. The van der Waals surface area contributed by atoms with E-state index in [4.69, 9.17) is 21.7 Å². The second-order valence-corrected chi connectivity index (χ2v) is 9.08. The van der Waals surface area contributed by atoms with Gasteiger partial charge in [0.05, 0.1) is 0 Å². The van der Waals surface area contributed by atoms with Gasteiger partial charge in [-0.05, 0) is 54.7 Å². The van der Waals surface area contributed by atoms with Crippen molar-refractivity contribution in [3.05, 3.63) is 114 Å². The molecular weight excluding hydrogens is 440 g/mol. The average molecular weight is 469 g/mol. The number of benzene rings is 3. The monoisotopic (exact) mass is 468 g/mol. The van der Waals surface area contributed by atoms with Gasteiger partial charge in [0.2, 0.25) is 5.89 Å². The Labute approximate surface area is 205 Å². The van der Waals surface area contributed by atoms with Crippen molar-refractivity contribution in [3.8, 4) is 0 Å². The topological polar surface area (TPSA) is 54.2 Å². The normalized spacial score (nSPS) is 17.6. The smallest absolute Gasteiger partial charge is 0.249 e. The van der Waals surface area contributed by atoms with Crippen LogP contribution in [0.3, 0.4) is 0 Å². The summed E-state index contributed by atoms with van der Waals surface area (Å²) in [5.41, 5.74) is 3.61. The van der Waals surface area contributed by atoms with Crippen molar-refractivity contribution < 1.29 is 4.52 Å². The van der Waals surface area contributed by atoms with Gasteiger partial charge in [0.25, 0.3) is 0 Å². The number of likely N-dealkylation sites (tertiary alicyclic amines) is 1. The fourth-order valence-electron chi connectivity index (χ4n) is 4.58. The third kappa shape index (κ3) is 5.34. The molecule has 34 heavy (non-hydrogen) atoms. The minimum Gasteiger partial charge on any atom is -0.337 e. The molecule has 1 aliphatic heterocycles. The molecule has 5 nitrogen and oxygen atoms in total. The minimum atomic E-state index is -0.0516. The summed E-state index contributed by atoms with van der Waals surface area (Å²) < 4.78 is 5.78. The van der Waals surface area contributed by atoms with Gasteiger partial charge in [0.1, 0.15) is 6.04 Å². The molecule has 0 spiro atoms. The van der Waals surface area contributed by atoms with E-state index in [0.717, 1.165) is 43.7 Å². The van der Waals surface area contributed by atoms with E-state index in [9.17, 15) is 0 Å². The fourth-order valence-corrected chi connectivity index (χ4v) is 4.90. The van der Waals surface area contributed by atoms with Crippen molar-refractivity contribution in [2.45, 2.75) is 37.6 Å². The summed E-state index contributed by atoms with van der Waals surface area (Å²) in [6.45, 7) is 0.805. The Bertz CT molecular complexity index is 1200. The van der Waals surface area contributed by atoms with Gasteiger partial charge in [-0.15, -0.1) is 0 Å². The molecule has 0 bridgehead atoms. The van der Waals surface area contributed by atoms with Crippen LogP contribution in [0.4, 0.5) is 5.69 Å². The number of para-hydroxylation sites is 1. The number of rotatable bonds is 7. The molecule has 1 aliphatic rings. The Kier molecular flexibility index (Phi) is 6.96. The zero-order valence-electron chi connectivity index (χ0n) is 19.0. The second kappa shape index (κ2) is 10.6. The number of hydrogen-bond donors (Lipinski definition) is 1. The van der Waals surface area contributed by atoms with Crippen LogP contribution < -0.4 is 5.32 Å². The average Bonchev–Trinajstić information content (AvgIpc) is 3.53. The molecule has 1 N–H and O–H groups in total. The van der Waals surface area contributed by atoms with Crippen LogP contribution in [0.5, 0.6) is 0 Å². The molecule has 0 unspecified atom stereocenters. The third-order valence-electron chi connectivity index (χ3n) is 6.34. The van der Waals surface area contributed by atoms with Crippen LogP contribution in [0, 0.1) is 0 Å². The molecule has 6 heteroatoms. The highest BCUT2D eigenvalue weighted by atomic mass is 32.1. The summed E-state index contributed by atoms with van der Waals surface area (Å²) in [7, 11) is 0. The lowest BCUT2D eigenvalue weighted by molar-refractivity contribution is 0.286. The van der Waals surface area contributed by atoms with E-state index in [-0.39, 0.29) is 6.04 Å². The second-order valence-electron chi connectivity index (χ2n) is 8.70. The zero-order valence-corrected chi connectivity index (χ0v) is 19.8. The molecule has 2 heterocycles. The predicted octanol–water partition coefficient (Wildman–Crippen LogP) is 6.17. The highest BCUT2D eigenvalue weighted by Crippen LogP contribution is 2.40. The molecule has 0 radical (unpaired) electrons. The standard InChI is InChI=1S/C28H28N4OS/c34-28(29-24-16-8-3-9-17-24)32-20-23(22-14-6-2-7-15-22)19-25(32)27-30-26(31-33-27)18-10-13-21-11-4-1-5-12-21/h1-9,11-12,14-17,23,25H,10,13,18-20H2,(H,29,34)/t23-,25+/m1/s1. The van der Waals surface area contributed by atoms with E-state index in [0.29, 0.717) is 16.9 Å². The van der Waals surface area contributed by atoms with Gasteiger partial charge < -0.3 is 14.7 Å². The van der Waals surface area contributed by atoms with Gasteiger partial charge in [0.15, 0.2) is 10.9 Å². The van der Waals surface area contributed by atoms with Crippen LogP contribution in [-0.2, 0) is 12.8 Å². The molecule has 3 aromatic carbocycles. The largest absolute Gasteiger partial charge is 0.337 e. The van der Waals surface area contributed by atoms with E-state index < -0.39 is 0 Å². The molecule has 4 aromatic rings. The number of aromatic nitrogens is 2. The molecule has 0 amide bonds. The fraction of sp³-hybridized carbons (Fsp3) is 0.250. The maximum atomic E-state index is 5.83. The first-order valence-electron chi connectivity index (χ1n) is 11.8. The first-order chi connectivity index (χ1) is 16.8. The van der Waals surface area contributed by atoms with Gasteiger partial charge in [-0.2, -0.15) is 4.98 Å². The number of anilines is 1. The third-order valence-corrected chi connectivity index (χ3v) is 6.67. The Balaban J connectivity index is 1.30. The van der Waals surface area contributed by atoms with Crippen LogP contribution in [0.25, 0.3) is 0 Å². The maximum Gasteiger partial charge on any atom is 0.249 e. The molecule has 1 saturated heterocycles. The summed E-state index contributed by atoms with van der Waals surface area (Å²) >= 11 is 5.83. The van der Waals surface area contributed by atoms with E-state index in [1.165, 1.54) is 11.1 Å². The molecule has 0 saturated carbocycles. The number of nitrogens with one attached hydrogen (secondary N) is 1. The Morgan fingerprint density at radius 3 is 2.32 bits per heavy atom. The van der Waals surface area contributed by atoms with Crippen molar-refractivity contribution in [1.29, 1.82) is 0 Å². The van der Waals surface area contributed by atoms with Crippen LogP contribution in [0.1, 0.15) is 47.6 Å². The quantitative estimate of drug-likeness (QED) is 0.327. The van der Waals surface area contributed by atoms with Crippen molar-refractivity contribution in [2.24, 2.45) is 0 Å². The lowest BCUT2D eigenvalue weighted by Gasteiger charge is -2.25. The van der Waals surface area contributed by atoms with Crippen molar-refractivity contribution >= 4 is 23.0 Å². The Hall–Kier alpha value is -3.51. The lowest BCUT2D eigenvalue weighted by atomic mass is 9.96. The molecule has 0 aliphatic carbocycles. The number of hydrogen-bond acceptors (Lipinski definition) is 4. The van der Waals surface area contributed by atoms with E-state index in [1.807, 2.05) is 36.4 Å². The summed E-state index contributed by atoms with van der Waals surface area (Å²) in [6.07, 6.45) is 3.66. The van der Waals surface area contributed by atoms with E-state index in [2.05, 4.69) is 70.0 Å². The molecule has 1 fully saturated rings. The van der Waals surface area contributed by atoms with E-state index >= 15 is 0 Å². The number of nitrogens with zero attached hydrogens (tertiary/aromatic N) is 3. The van der Waals surface area contributed by atoms with E-state index in [1.54, 1.807) is 0 Å². The predicted molar refractivity (Wildman–Crippen MR) is 139 cm³/mol. The van der Waals surface area contributed by atoms with Gasteiger partial charge in [0, 0.05) is 24.6 Å². The number of thiocarbonyl (C=S) groups is 1. The van der Waals surface area contributed by atoms with Gasteiger partial charge in [-0.25, -0.2) is 0 Å².